The number of piperidine rings is 1. The second-order valence-corrected chi connectivity index (χ2v) is 8.42. The molecule has 3 aromatic rings. The Morgan fingerprint density at radius 1 is 1.36 bits per heavy atom. The van der Waals surface area contributed by atoms with Crippen molar-refractivity contribution in [3.05, 3.63) is 58.1 Å². The fraction of sp³-hybridized carbons (Fsp3) is 0.286. The molecule has 1 amide bonds. The number of nitriles is 1. The van der Waals surface area contributed by atoms with Gasteiger partial charge in [-0.15, -0.1) is 11.3 Å². The Balaban J connectivity index is 1.38. The molecule has 1 saturated heterocycles. The lowest BCUT2D eigenvalue weighted by Gasteiger charge is -2.31. The van der Waals surface area contributed by atoms with Gasteiger partial charge in [0, 0.05) is 18.2 Å². The average Bonchev–Trinajstić information content (AvgIpc) is 3.12. The van der Waals surface area contributed by atoms with Gasteiger partial charge in [-0.05, 0) is 49.7 Å². The van der Waals surface area contributed by atoms with Crippen LogP contribution in [0.2, 0.25) is 5.02 Å². The van der Waals surface area contributed by atoms with E-state index in [1.165, 1.54) is 4.70 Å². The number of fused-ring (bicyclic) bond motifs is 1. The van der Waals surface area contributed by atoms with Gasteiger partial charge < -0.3 is 5.32 Å². The van der Waals surface area contributed by atoms with Crippen LogP contribution in [0.15, 0.2) is 42.5 Å². The summed E-state index contributed by atoms with van der Waals surface area (Å²) in [6.07, 6.45) is 2.15. The largest absolute Gasteiger partial charge is 0.325 e. The molecule has 1 aliphatic rings. The summed E-state index contributed by atoms with van der Waals surface area (Å²) in [4.78, 5) is 19.4. The zero-order valence-electron chi connectivity index (χ0n) is 15.2. The highest BCUT2D eigenvalue weighted by Crippen LogP contribution is 2.32. The Hall–Kier alpha value is -2.46. The lowest BCUT2D eigenvalue weighted by atomic mass is 9.99. The van der Waals surface area contributed by atoms with E-state index in [0.29, 0.717) is 28.7 Å². The number of hydrogen-bond acceptors (Lipinski definition) is 5. The molecule has 28 heavy (non-hydrogen) atoms. The summed E-state index contributed by atoms with van der Waals surface area (Å²) in [7, 11) is 0. The third kappa shape index (κ3) is 4.17. The zero-order valence-corrected chi connectivity index (χ0v) is 16.8. The summed E-state index contributed by atoms with van der Waals surface area (Å²) in [5.74, 6) is 0.286. The van der Waals surface area contributed by atoms with E-state index in [1.807, 2.05) is 24.3 Å². The highest BCUT2D eigenvalue weighted by molar-refractivity contribution is 7.18. The molecule has 1 fully saturated rings. The summed E-state index contributed by atoms with van der Waals surface area (Å²) in [5.41, 5.74) is 2.05. The van der Waals surface area contributed by atoms with E-state index >= 15 is 0 Å². The van der Waals surface area contributed by atoms with Gasteiger partial charge in [0.2, 0.25) is 5.91 Å². The van der Waals surface area contributed by atoms with E-state index in [2.05, 4.69) is 16.3 Å². The van der Waals surface area contributed by atoms with Gasteiger partial charge >= 0.3 is 0 Å². The van der Waals surface area contributed by atoms with Gasteiger partial charge in [0.05, 0.1) is 32.4 Å². The fourth-order valence-corrected chi connectivity index (χ4v) is 4.87. The minimum Gasteiger partial charge on any atom is -0.325 e. The molecule has 2 heterocycles. The monoisotopic (exact) mass is 410 g/mol. The van der Waals surface area contributed by atoms with Crippen molar-refractivity contribution in [3.63, 3.8) is 0 Å². The van der Waals surface area contributed by atoms with E-state index < -0.39 is 0 Å². The summed E-state index contributed by atoms with van der Waals surface area (Å²) >= 11 is 7.79. The lowest BCUT2D eigenvalue weighted by Crippen LogP contribution is -2.39. The Morgan fingerprint density at radius 2 is 2.21 bits per heavy atom. The molecule has 5 nitrogen and oxygen atoms in total. The Labute approximate surface area is 172 Å². The van der Waals surface area contributed by atoms with Gasteiger partial charge in [-0.1, -0.05) is 23.7 Å². The molecule has 1 aliphatic heterocycles. The number of halogens is 1. The van der Waals surface area contributed by atoms with E-state index in [0.717, 1.165) is 36.5 Å². The van der Waals surface area contributed by atoms with Crippen molar-refractivity contribution in [2.75, 3.05) is 25.0 Å². The third-order valence-electron chi connectivity index (χ3n) is 4.91. The van der Waals surface area contributed by atoms with Gasteiger partial charge in [-0.2, -0.15) is 5.26 Å². The molecule has 1 N–H and O–H groups in total. The van der Waals surface area contributed by atoms with Crippen LogP contribution in [0, 0.1) is 11.3 Å². The van der Waals surface area contributed by atoms with Crippen molar-refractivity contribution in [3.8, 4) is 6.07 Å². The van der Waals surface area contributed by atoms with Crippen molar-refractivity contribution in [2.45, 2.75) is 18.8 Å². The summed E-state index contributed by atoms with van der Waals surface area (Å²) in [5, 5.41) is 13.3. The minimum absolute atomic E-state index is 0.0780. The Bertz CT molecular complexity index is 1020. The molecule has 4 rings (SSSR count). The van der Waals surface area contributed by atoms with E-state index in [4.69, 9.17) is 21.8 Å². The topological polar surface area (TPSA) is 69.0 Å². The molecule has 0 saturated carbocycles. The SMILES string of the molecule is N#Cc1ccc(NC(=O)CN2CCC[C@@H](c3nc4ccccc4s3)C2)cc1Cl. The zero-order chi connectivity index (χ0) is 19.5. The number of para-hydroxylation sites is 1. The number of nitrogens with one attached hydrogen (secondary N) is 1. The molecule has 1 atom stereocenters. The molecule has 0 spiro atoms. The number of thiazole rings is 1. The predicted octanol–water partition coefficient (Wildman–Crippen LogP) is 4.64. The number of nitrogens with zero attached hydrogens (tertiary/aromatic N) is 3. The van der Waals surface area contributed by atoms with Crippen molar-refractivity contribution >= 4 is 44.7 Å². The van der Waals surface area contributed by atoms with Gasteiger partial charge in [0.25, 0.3) is 0 Å². The van der Waals surface area contributed by atoms with Crippen molar-refractivity contribution in [1.29, 1.82) is 5.26 Å². The average molecular weight is 411 g/mol. The molecule has 142 valence electrons. The third-order valence-corrected chi connectivity index (χ3v) is 6.42. The quantitative estimate of drug-likeness (QED) is 0.680. The summed E-state index contributed by atoms with van der Waals surface area (Å²) in [6, 6.07) is 15.1. The first kappa shape index (κ1) is 18.9. The van der Waals surface area contributed by atoms with Crippen LogP contribution in [-0.4, -0.2) is 35.4 Å². The molecule has 0 aliphatic carbocycles. The van der Waals surface area contributed by atoms with Gasteiger partial charge in [-0.3, -0.25) is 9.69 Å². The number of hydrogen-bond donors (Lipinski definition) is 1. The Kier molecular flexibility index (Phi) is 5.58. The normalized spacial score (nSPS) is 17.4. The van der Waals surface area contributed by atoms with Crippen LogP contribution in [0.4, 0.5) is 5.69 Å². The highest BCUT2D eigenvalue weighted by Gasteiger charge is 2.25. The van der Waals surface area contributed by atoms with Crippen LogP contribution < -0.4 is 5.32 Å². The van der Waals surface area contributed by atoms with Gasteiger partial charge in [-0.25, -0.2) is 4.98 Å². The molecule has 0 bridgehead atoms. The number of carbonyl (C=O) groups excluding carboxylic acids is 1. The molecule has 1 aromatic heterocycles. The number of carbonyl (C=O) groups is 1. The molecule has 0 unspecified atom stereocenters. The first-order chi connectivity index (χ1) is 13.6. The fourth-order valence-electron chi connectivity index (χ4n) is 3.55. The second-order valence-electron chi connectivity index (χ2n) is 6.95. The van der Waals surface area contributed by atoms with E-state index in [1.54, 1.807) is 29.5 Å². The highest BCUT2D eigenvalue weighted by atomic mass is 35.5. The Morgan fingerprint density at radius 3 is 3.00 bits per heavy atom. The van der Waals surface area contributed by atoms with Crippen LogP contribution in [0.3, 0.4) is 0 Å². The minimum atomic E-state index is -0.0780. The van der Waals surface area contributed by atoms with Crippen LogP contribution in [0.1, 0.15) is 29.3 Å². The van der Waals surface area contributed by atoms with Crippen molar-refractivity contribution in [2.24, 2.45) is 0 Å². The van der Waals surface area contributed by atoms with Gasteiger partial charge in [0.15, 0.2) is 0 Å². The molecule has 2 aromatic carbocycles. The number of amides is 1. The summed E-state index contributed by atoms with van der Waals surface area (Å²) in [6.45, 7) is 2.07. The van der Waals surface area contributed by atoms with Crippen molar-refractivity contribution in [1.82, 2.24) is 9.88 Å². The number of likely N-dealkylation sites (tertiary alicyclic amines) is 1. The van der Waals surface area contributed by atoms with Crippen LogP contribution in [0.5, 0.6) is 0 Å². The predicted molar refractivity (Wildman–Crippen MR) is 113 cm³/mol. The number of benzene rings is 2. The lowest BCUT2D eigenvalue weighted by molar-refractivity contribution is -0.117. The first-order valence-electron chi connectivity index (χ1n) is 9.19. The van der Waals surface area contributed by atoms with Crippen LogP contribution in [-0.2, 0) is 4.79 Å². The van der Waals surface area contributed by atoms with Crippen LogP contribution >= 0.6 is 22.9 Å². The molecular formula is C21H19ClN4OS. The smallest absolute Gasteiger partial charge is 0.238 e. The van der Waals surface area contributed by atoms with E-state index in [9.17, 15) is 4.79 Å². The molecule has 7 heteroatoms. The number of anilines is 1. The van der Waals surface area contributed by atoms with Gasteiger partial charge in [0.1, 0.15) is 6.07 Å². The maximum Gasteiger partial charge on any atom is 0.238 e. The molecular weight excluding hydrogens is 392 g/mol. The van der Waals surface area contributed by atoms with Crippen LogP contribution in [0.25, 0.3) is 10.2 Å². The summed E-state index contributed by atoms with van der Waals surface area (Å²) < 4.78 is 1.21. The maximum atomic E-state index is 12.5. The first-order valence-corrected chi connectivity index (χ1v) is 10.4. The van der Waals surface area contributed by atoms with E-state index in [-0.39, 0.29) is 5.91 Å². The standard InChI is InChI=1S/C21H19ClN4OS/c22-17-10-16(8-7-14(17)11-23)24-20(27)13-26-9-3-4-15(12-26)21-25-18-5-1-2-6-19(18)28-21/h1-2,5-8,10,15H,3-4,9,12-13H2,(H,24,27)/t15-/m1/s1. The number of aromatic nitrogens is 1. The second kappa shape index (κ2) is 8.27. The number of rotatable bonds is 4. The van der Waals surface area contributed by atoms with Crippen molar-refractivity contribution < 1.29 is 4.79 Å². The molecule has 0 radical (unpaired) electrons. The maximum absolute atomic E-state index is 12.5.